The fraction of sp³-hybridized carbons (Fsp3) is 0.531. The van der Waals surface area contributed by atoms with Gasteiger partial charge < -0.3 is 20.3 Å². The molecule has 2 aromatic rings. The lowest BCUT2D eigenvalue weighted by Crippen LogP contribution is -2.53. The van der Waals surface area contributed by atoms with Crippen molar-refractivity contribution in [3.8, 4) is 0 Å². The number of carbonyl (C=O) groups is 3. The number of nitrogens with one attached hydrogen (secondary N) is 2. The Morgan fingerprint density at radius 3 is 2.17 bits per heavy atom. The number of nitrogens with zero attached hydrogens (tertiary/aromatic N) is 1. The van der Waals surface area contributed by atoms with Gasteiger partial charge in [0.1, 0.15) is 17.7 Å². The third kappa shape index (κ3) is 10.5. The summed E-state index contributed by atoms with van der Waals surface area (Å²) in [5, 5.41) is 5.72. The van der Waals surface area contributed by atoms with Crippen molar-refractivity contribution in [3.05, 3.63) is 65.2 Å². The highest BCUT2D eigenvalue weighted by atomic mass is 32.1. The number of amides is 3. The largest absolute Gasteiger partial charge is 0.444 e. The minimum absolute atomic E-state index is 0.0608. The lowest BCUT2D eigenvalue weighted by Gasteiger charge is -2.34. The molecule has 0 saturated heterocycles. The Labute approximate surface area is 245 Å². The van der Waals surface area contributed by atoms with E-state index in [2.05, 4.69) is 37.1 Å². The minimum Gasteiger partial charge on any atom is -0.444 e. The van der Waals surface area contributed by atoms with Crippen LogP contribution in [0.1, 0.15) is 89.5 Å². The maximum Gasteiger partial charge on any atom is 0.408 e. The third-order valence-electron chi connectivity index (χ3n) is 6.62. The van der Waals surface area contributed by atoms with Crippen LogP contribution in [0.5, 0.6) is 0 Å². The summed E-state index contributed by atoms with van der Waals surface area (Å²) in [4.78, 5) is 42.3. The van der Waals surface area contributed by atoms with Gasteiger partial charge in [0, 0.05) is 18.0 Å². The minimum atomic E-state index is -0.961. The van der Waals surface area contributed by atoms with Crippen LogP contribution in [0.25, 0.3) is 0 Å². The predicted molar refractivity (Wildman–Crippen MR) is 166 cm³/mol. The summed E-state index contributed by atoms with van der Waals surface area (Å²) in [6.45, 7) is 11.8. The fourth-order valence-corrected chi connectivity index (χ4v) is 4.66. The van der Waals surface area contributed by atoms with Gasteiger partial charge in [-0.25, -0.2) is 4.79 Å². The summed E-state index contributed by atoms with van der Waals surface area (Å²) in [6, 6.07) is 13.5. The van der Waals surface area contributed by atoms with Gasteiger partial charge in [0.2, 0.25) is 5.91 Å². The summed E-state index contributed by atoms with van der Waals surface area (Å²) in [7, 11) is 0. The summed E-state index contributed by atoms with van der Waals surface area (Å²) < 4.78 is 5.40. The highest BCUT2D eigenvalue weighted by Crippen LogP contribution is 2.27. The Kier molecular flexibility index (Phi) is 13.5. The first-order valence-electron chi connectivity index (χ1n) is 14.4. The molecule has 3 amide bonds. The van der Waals surface area contributed by atoms with Crippen LogP contribution in [0.3, 0.4) is 0 Å². The number of benzene rings is 2. The smallest absolute Gasteiger partial charge is 0.408 e. The van der Waals surface area contributed by atoms with Crippen LogP contribution in [0.2, 0.25) is 0 Å². The highest BCUT2D eigenvalue weighted by molar-refractivity contribution is 7.80. The molecular formula is C32H47N3O4S. The molecule has 0 aliphatic heterocycles. The maximum atomic E-state index is 14.1. The van der Waals surface area contributed by atoms with E-state index >= 15 is 0 Å². The van der Waals surface area contributed by atoms with E-state index in [9.17, 15) is 14.4 Å². The van der Waals surface area contributed by atoms with Crippen molar-refractivity contribution in [1.82, 2.24) is 10.2 Å². The van der Waals surface area contributed by atoms with Gasteiger partial charge in [-0.1, -0.05) is 82.0 Å². The molecule has 8 heteroatoms. The van der Waals surface area contributed by atoms with E-state index in [-0.39, 0.29) is 17.6 Å². The van der Waals surface area contributed by atoms with E-state index in [4.69, 9.17) is 4.74 Å². The number of carbonyl (C=O) groups excluding carboxylic acids is 3. The number of para-hydroxylation sites is 1. The Balaban J connectivity index is 2.48. The summed E-state index contributed by atoms with van der Waals surface area (Å²) >= 11 is 4.38. The van der Waals surface area contributed by atoms with E-state index in [0.717, 1.165) is 49.7 Å². The first-order valence-corrected chi connectivity index (χ1v) is 15.0. The molecular weight excluding hydrogens is 522 g/mol. The van der Waals surface area contributed by atoms with E-state index < -0.39 is 23.8 Å². The number of aryl methyl sites for hydroxylation is 2. The van der Waals surface area contributed by atoms with E-state index in [0.29, 0.717) is 17.8 Å². The van der Waals surface area contributed by atoms with Crippen molar-refractivity contribution < 1.29 is 19.1 Å². The van der Waals surface area contributed by atoms with Crippen LogP contribution < -0.4 is 10.6 Å². The molecule has 2 unspecified atom stereocenters. The Bertz CT molecular complexity index is 1100. The molecule has 0 aliphatic carbocycles. The molecule has 0 heterocycles. The van der Waals surface area contributed by atoms with Gasteiger partial charge in [-0.3, -0.25) is 9.59 Å². The molecule has 220 valence electrons. The lowest BCUT2D eigenvalue weighted by molar-refractivity contribution is -0.140. The number of hydrogen-bond donors (Lipinski definition) is 3. The molecule has 7 nitrogen and oxygen atoms in total. The zero-order valence-electron chi connectivity index (χ0n) is 25.0. The molecule has 2 atom stereocenters. The number of ether oxygens (including phenoxy) is 1. The molecule has 0 radical (unpaired) electrons. The van der Waals surface area contributed by atoms with E-state index in [1.807, 2.05) is 55.5 Å². The van der Waals surface area contributed by atoms with Gasteiger partial charge in [-0.2, -0.15) is 12.6 Å². The quantitative estimate of drug-likeness (QED) is 0.171. The first-order chi connectivity index (χ1) is 19.0. The SMILES string of the molecule is CCCCCCCN(C(=O)C(CS)NC(=O)OC(C)(C)C)C(C(=O)Nc1ccccc1C)c1ccc(CC)cc1. The average Bonchev–Trinajstić information content (AvgIpc) is 2.91. The molecule has 0 bridgehead atoms. The van der Waals surface area contributed by atoms with Crippen molar-refractivity contribution in [1.29, 1.82) is 0 Å². The molecule has 2 rings (SSSR count). The normalized spacial score (nSPS) is 12.8. The third-order valence-corrected chi connectivity index (χ3v) is 6.99. The van der Waals surface area contributed by atoms with Crippen LogP contribution in [0, 0.1) is 6.92 Å². The van der Waals surface area contributed by atoms with Crippen molar-refractivity contribution in [2.75, 3.05) is 17.6 Å². The standard InChI is InChI=1S/C32H47N3O4S/c1-7-9-10-11-14-21-35(30(37)27(22-40)34-31(38)39-32(4,5)6)28(25-19-17-24(8-2)18-20-25)29(36)33-26-16-13-12-15-23(26)3/h12-13,15-20,27-28,40H,7-11,14,21-22H2,1-6H3,(H,33,36)(H,34,38). The van der Waals surface area contributed by atoms with Gasteiger partial charge in [0.05, 0.1) is 0 Å². The second kappa shape index (κ2) is 16.3. The zero-order valence-corrected chi connectivity index (χ0v) is 25.9. The second-order valence-corrected chi connectivity index (χ2v) is 11.5. The van der Waals surface area contributed by atoms with Crippen molar-refractivity contribution in [2.24, 2.45) is 0 Å². The van der Waals surface area contributed by atoms with Crippen LogP contribution in [-0.2, 0) is 20.7 Å². The number of hydrogen-bond acceptors (Lipinski definition) is 5. The predicted octanol–water partition coefficient (Wildman–Crippen LogP) is 6.86. The van der Waals surface area contributed by atoms with Crippen LogP contribution in [-0.4, -0.2) is 46.7 Å². The second-order valence-electron chi connectivity index (χ2n) is 11.1. The number of alkyl carbamates (subject to hydrolysis) is 1. The summed E-state index contributed by atoms with van der Waals surface area (Å²) in [6.07, 6.45) is 5.11. The van der Waals surface area contributed by atoms with Crippen LogP contribution in [0.15, 0.2) is 48.5 Å². The maximum absolute atomic E-state index is 14.1. The topological polar surface area (TPSA) is 87.7 Å². The Morgan fingerprint density at radius 2 is 1.60 bits per heavy atom. The monoisotopic (exact) mass is 569 g/mol. The number of unbranched alkanes of at least 4 members (excludes halogenated alkanes) is 4. The Morgan fingerprint density at radius 1 is 0.950 bits per heavy atom. The van der Waals surface area contributed by atoms with Crippen molar-refractivity contribution in [2.45, 2.75) is 97.8 Å². The van der Waals surface area contributed by atoms with E-state index in [1.54, 1.807) is 25.7 Å². The van der Waals surface area contributed by atoms with Gasteiger partial charge in [-0.05, 0) is 63.3 Å². The van der Waals surface area contributed by atoms with Gasteiger partial charge >= 0.3 is 6.09 Å². The number of anilines is 1. The first kappa shape index (κ1) is 33.2. The van der Waals surface area contributed by atoms with Crippen molar-refractivity contribution >= 4 is 36.2 Å². The molecule has 0 fully saturated rings. The van der Waals surface area contributed by atoms with Gasteiger partial charge in [0.15, 0.2) is 0 Å². The van der Waals surface area contributed by atoms with Gasteiger partial charge in [-0.15, -0.1) is 0 Å². The Hall–Kier alpha value is -3.00. The summed E-state index contributed by atoms with van der Waals surface area (Å²) in [5.74, 6) is -0.623. The molecule has 0 spiro atoms. The molecule has 2 N–H and O–H groups in total. The lowest BCUT2D eigenvalue weighted by atomic mass is 9.99. The molecule has 2 aromatic carbocycles. The van der Waals surface area contributed by atoms with Gasteiger partial charge in [0.25, 0.3) is 5.91 Å². The number of rotatable bonds is 14. The molecule has 0 aromatic heterocycles. The molecule has 40 heavy (non-hydrogen) atoms. The molecule has 0 aliphatic rings. The number of thiol groups is 1. The molecule has 0 saturated carbocycles. The fourth-order valence-electron chi connectivity index (χ4n) is 4.41. The van der Waals surface area contributed by atoms with Crippen LogP contribution >= 0.6 is 12.6 Å². The average molecular weight is 570 g/mol. The highest BCUT2D eigenvalue weighted by Gasteiger charge is 2.36. The van der Waals surface area contributed by atoms with E-state index in [1.165, 1.54) is 0 Å². The van der Waals surface area contributed by atoms with Crippen LogP contribution in [0.4, 0.5) is 10.5 Å². The summed E-state index contributed by atoms with van der Waals surface area (Å²) in [5.41, 5.74) is 2.74. The van der Waals surface area contributed by atoms with Crippen molar-refractivity contribution in [3.63, 3.8) is 0 Å². The zero-order chi connectivity index (χ0) is 29.7.